The van der Waals surface area contributed by atoms with Crippen LogP contribution in [0.4, 0.5) is 0 Å². The number of halogens is 1. The lowest BCUT2D eigenvalue weighted by Gasteiger charge is -1.99. The van der Waals surface area contributed by atoms with Crippen LogP contribution in [-0.2, 0) is 14.1 Å². The van der Waals surface area contributed by atoms with Gasteiger partial charge in [0.1, 0.15) is 0 Å². The van der Waals surface area contributed by atoms with E-state index in [9.17, 15) is 9.59 Å². The van der Waals surface area contributed by atoms with Gasteiger partial charge >= 0.3 is 5.69 Å². The van der Waals surface area contributed by atoms with Crippen LogP contribution in [0.25, 0.3) is 0 Å². The first-order valence-corrected chi connectivity index (χ1v) is 8.50. The molecule has 0 aliphatic carbocycles. The number of nitrogens with zero attached hydrogens (tertiary/aromatic N) is 5. The number of fused-ring (bicyclic) bond motifs is 1. The van der Waals surface area contributed by atoms with Gasteiger partial charge < -0.3 is 0 Å². The number of aromatic nitrogens is 2. The second kappa shape index (κ2) is 6.74. The summed E-state index contributed by atoms with van der Waals surface area (Å²) in [5, 5.41) is 0.858. The summed E-state index contributed by atoms with van der Waals surface area (Å²) >= 11 is 7.48. The van der Waals surface area contributed by atoms with Crippen molar-refractivity contribution in [3.05, 3.63) is 61.0 Å². The van der Waals surface area contributed by atoms with E-state index in [1.165, 1.54) is 11.6 Å². The maximum atomic E-state index is 12.0. The summed E-state index contributed by atoms with van der Waals surface area (Å²) in [4.78, 5) is 37.6. The number of hydrogen-bond donors (Lipinski definition) is 0. The zero-order valence-electron chi connectivity index (χ0n) is 13.1. The lowest BCUT2D eigenvalue weighted by atomic mass is 10.4. The molecule has 1 aliphatic heterocycles. The lowest BCUT2D eigenvalue weighted by molar-refractivity contribution is 0.648. The van der Waals surface area contributed by atoms with Crippen molar-refractivity contribution in [1.29, 1.82) is 0 Å². The Morgan fingerprint density at radius 3 is 2.54 bits per heavy atom. The van der Waals surface area contributed by atoms with E-state index in [0.717, 1.165) is 15.2 Å². The molecule has 0 amide bonds. The third-order valence-electron chi connectivity index (χ3n) is 3.46. The summed E-state index contributed by atoms with van der Waals surface area (Å²) in [7, 11) is 2.97. The van der Waals surface area contributed by atoms with Crippen LogP contribution in [0.1, 0.15) is 0 Å². The van der Waals surface area contributed by atoms with E-state index in [1.54, 1.807) is 18.8 Å². The van der Waals surface area contributed by atoms with Crippen molar-refractivity contribution in [1.82, 2.24) is 9.13 Å². The Kier molecular flexibility index (Phi) is 4.68. The zero-order valence-corrected chi connectivity index (χ0v) is 14.6. The molecule has 1 aliphatic rings. The van der Waals surface area contributed by atoms with E-state index < -0.39 is 11.2 Å². The summed E-state index contributed by atoms with van der Waals surface area (Å²) in [6.45, 7) is 0.498. The van der Waals surface area contributed by atoms with Crippen LogP contribution in [0.2, 0.25) is 5.02 Å². The molecule has 0 saturated carbocycles. The highest BCUT2D eigenvalue weighted by molar-refractivity contribution is 7.99. The van der Waals surface area contributed by atoms with Crippen LogP contribution in [0.15, 0.2) is 53.7 Å². The minimum atomic E-state index is -0.461. The molecule has 0 unspecified atom stereocenters. The molecule has 2 aromatic rings. The maximum Gasteiger partial charge on any atom is 0.332 e. The van der Waals surface area contributed by atoms with Gasteiger partial charge in [0.25, 0.3) is 5.56 Å². The highest BCUT2D eigenvalue weighted by Crippen LogP contribution is 2.19. The van der Waals surface area contributed by atoms with E-state index in [2.05, 4.69) is 15.0 Å². The van der Waals surface area contributed by atoms with Gasteiger partial charge in [0.2, 0.25) is 5.96 Å². The molecule has 0 spiro atoms. The minimum Gasteiger partial charge on any atom is -0.279 e. The molecule has 2 heterocycles. The Bertz CT molecular complexity index is 1050. The molecule has 1 aromatic carbocycles. The van der Waals surface area contributed by atoms with E-state index >= 15 is 0 Å². The Hall–Kier alpha value is -2.19. The van der Waals surface area contributed by atoms with Crippen LogP contribution in [0.3, 0.4) is 0 Å². The number of hydrogen-bond acceptors (Lipinski definition) is 4. The van der Waals surface area contributed by atoms with Gasteiger partial charge in [0, 0.05) is 29.8 Å². The van der Waals surface area contributed by atoms with Crippen molar-refractivity contribution in [3.8, 4) is 0 Å². The molecule has 0 fully saturated rings. The average Bonchev–Trinajstić information content (AvgIpc) is 3.01. The molecular weight excluding hydrogens is 350 g/mol. The fraction of sp³-hybridized carbons (Fsp3) is 0.267. The van der Waals surface area contributed by atoms with Crippen LogP contribution < -0.4 is 22.1 Å². The predicted molar refractivity (Wildman–Crippen MR) is 93.7 cm³/mol. The van der Waals surface area contributed by atoms with Crippen LogP contribution >= 0.6 is 23.4 Å². The number of thioether (sulfide) groups is 1. The molecule has 124 valence electrons. The van der Waals surface area contributed by atoms with Gasteiger partial charge in [-0.1, -0.05) is 11.6 Å². The molecule has 0 atom stereocenters. The Morgan fingerprint density at radius 2 is 1.83 bits per heavy atom. The normalized spacial score (nSPS) is 14.4. The van der Waals surface area contributed by atoms with E-state index in [-0.39, 0.29) is 16.8 Å². The van der Waals surface area contributed by atoms with Crippen LogP contribution in [0.5, 0.6) is 0 Å². The van der Waals surface area contributed by atoms with Crippen molar-refractivity contribution < 1.29 is 0 Å². The van der Waals surface area contributed by atoms with Crippen molar-refractivity contribution in [2.75, 3.05) is 12.3 Å². The molecule has 3 rings (SSSR count). The van der Waals surface area contributed by atoms with Crippen molar-refractivity contribution in [3.63, 3.8) is 0 Å². The van der Waals surface area contributed by atoms with Gasteiger partial charge in [-0.15, -0.1) is 11.8 Å². The minimum absolute atomic E-state index is 0.156. The van der Waals surface area contributed by atoms with Gasteiger partial charge in [-0.05, 0) is 24.3 Å². The fourth-order valence-corrected chi connectivity index (χ4v) is 3.04. The van der Waals surface area contributed by atoms with E-state index in [0.29, 0.717) is 11.6 Å². The molecule has 0 radical (unpaired) electrons. The van der Waals surface area contributed by atoms with Crippen LogP contribution in [-0.4, -0.2) is 27.4 Å². The molecule has 7 nitrogen and oxygen atoms in total. The molecular formula is C15H14ClN5O2S. The number of guanidine groups is 1. The first-order valence-electron chi connectivity index (χ1n) is 7.13. The smallest absolute Gasteiger partial charge is 0.279 e. The van der Waals surface area contributed by atoms with Gasteiger partial charge in [-0.25, -0.2) is 14.8 Å². The van der Waals surface area contributed by atoms with Crippen LogP contribution in [0, 0.1) is 0 Å². The largest absolute Gasteiger partial charge is 0.332 e. The predicted octanol–water partition coefficient (Wildman–Crippen LogP) is 0.139. The standard InChI is InChI=1S/C15H14ClN5O2S/c1-20-12-11(13(22)21(2)15(20)23)18-14(19-12)17-7-8-24-10-5-3-9(16)4-6-10/h3-6H,7-8H2,1-2H3. The third-order valence-corrected chi connectivity index (χ3v) is 4.70. The van der Waals surface area contributed by atoms with Crippen molar-refractivity contribution in [2.45, 2.75) is 4.90 Å². The summed E-state index contributed by atoms with van der Waals surface area (Å²) in [5.41, 5.74) is -0.637. The summed E-state index contributed by atoms with van der Waals surface area (Å²) in [6.07, 6.45) is 0. The first-order chi connectivity index (χ1) is 11.5. The average molecular weight is 364 g/mol. The molecule has 1 aromatic heterocycles. The SMILES string of the molecule is Cn1c(=O)c2c(n(C)c1=O)=NC(=NCCSc1ccc(Cl)cc1)N=2. The fourth-order valence-electron chi connectivity index (χ4n) is 2.17. The third kappa shape index (κ3) is 3.20. The monoisotopic (exact) mass is 363 g/mol. The zero-order chi connectivity index (χ0) is 17.3. The van der Waals surface area contributed by atoms with Crippen molar-refractivity contribution in [2.24, 2.45) is 29.1 Å². The maximum absolute atomic E-state index is 12.0. The number of benzene rings is 1. The molecule has 0 N–H and O–H groups in total. The van der Waals surface area contributed by atoms with E-state index in [1.807, 2.05) is 24.3 Å². The topological polar surface area (TPSA) is 81.1 Å². The Morgan fingerprint density at radius 1 is 1.12 bits per heavy atom. The molecule has 0 saturated heterocycles. The highest BCUT2D eigenvalue weighted by Gasteiger charge is 2.13. The lowest BCUT2D eigenvalue weighted by Crippen LogP contribution is -2.55. The van der Waals surface area contributed by atoms with Crippen molar-refractivity contribution >= 4 is 29.3 Å². The van der Waals surface area contributed by atoms with E-state index in [4.69, 9.17) is 11.6 Å². The van der Waals surface area contributed by atoms with Gasteiger partial charge in [0.05, 0.1) is 6.54 Å². The number of rotatable bonds is 4. The number of aliphatic imine (C=N–C) groups is 1. The molecule has 9 heteroatoms. The second-order valence-corrected chi connectivity index (χ2v) is 6.69. The highest BCUT2D eigenvalue weighted by atomic mass is 35.5. The summed E-state index contributed by atoms with van der Waals surface area (Å²) in [5.74, 6) is 0.962. The Labute approximate surface area is 146 Å². The summed E-state index contributed by atoms with van der Waals surface area (Å²) < 4.78 is 2.31. The summed E-state index contributed by atoms with van der Waals surface area (Å²) in [6, 6.07) is 7.56. The van der Waals surface area contributed by atoms with Gasteiger partial charge in [0.15, 0.2) is 10.8 Å². The quantitative estimate of drug-likeness (QED) is 0.572. The first kappa shape index (κ1) is 16.7. The van der Waals surface area contributed by atoms with Gasteiger partial charge in [-0.3, -0.25) is 13.9 Å². The Balaban J connectivity index is 1.76. The molecule has 0 bridgehead atoms. The molecule has 24 heavy (non-hydrogen) atoms. The second-order valence-electron chi connectivity index (χ2n) is 5.09. The van der Waals surface area contributed by atoms with Gasteiger partial charge in [-0.2, -0.15) is 4.99 Å².